The standard InChI is InChI=1S/C51H82NO8P/c1-3-5-7-9-11-13-15-17-19-21-22-23-24-25-26-28-30-32-34-36-38-40-42-44-51(54)60-49(48-59-61(55,56)58-46-45-52)47-57-50(53)43-41-39-37-35-33-31-29-27-20-18-16-14-12-10-8-6-4-2/h5-8,11-14,17-20,22-23,25-26,29,31,35,37,49H,3-4,9-10,15-16,21,24,27-28,30,32-34,36,38-48,52H2,1-2H3,(H,55,56)/b7-5-,8-6-,13-11-,14-12-,19-17-,20-18-,23-22-,26-25-,31-29-,37-35-. The van der Waals surface area contributed by atoms with Crippen LogP contribution in [0.3, 0.4) is 0 Å². The van der Waals surface area contributed by atoms with Gasteiger partial charge in [-0.25, -0.2) is 4.57 Å². The third-order valence-corrected chi connectivity index (χ3v) is 9.83. The molecule has 0 aliphatic heterocycles. The van der Waals surface area contributed by atoms with Crippen molar-refractivity contribution in [3.8, 4) is 0 Å². The van der Waals surface area contributed by atoms with E-state index in [1.54, 1.807) is 0 Å². The average Bonchev–Trinajstić information content (AvgIpc) is 3.25. The molecule has 0 aliphatic carbocycles. The van der Waals surface area contributed by atoms with Crippen LogP contribution in [-0.4, -0.2) is 49.3 Å². The van der Waals surface area contributed by atoms with E-state index in [1.165, 1.54) is 12.8 Å². The Morgan fingerprint density at radius 3 is 1.31 bits per heavy atom. The van der Waals surface area contributed by atoms with Gasteiger partial charge in [-0.3, -0.25) is 18.6 Å². The number of unbranched alkanes of at least 4 members (excludes halogenated alkanes) is 8. The van der Waals surface area contributed by atoms with Crippen LogP contribution in [0.5, 0.6) is 0 Å². The molecule has 0 bridgehead atoms. The van der Waals surface area contributed by atoms with Crippen LogP contribution in [0.4, 0.5) is 0 Å². The Balaban J connectivity index is 4.25. The van der Waals surface area contributed by atoms with Gasteiger partial charge in [-0.15, -0.1) is 0 Å². The molecular formula is C51H82NO8P. The fourth-order valence-electron chi connectivity index (χ4n) is 5.52. The number of rotatable bonds is 41. The quantitative estimate of drug-likeness (QED) is 0.0266. The Hall–Kier alpha value is -3.59. The first-order valence-corrected chi connectivity index (χ1v) is 24.5. The predicted molar refractivity (Wildman–Crippen MR) is 256 cm³/mol. The van der Waals surface area contributed by atoms with Gasteiger partial charge < -0.3 is 20.1 Å². The lowest BCUT2D eigenvalue weighted by Crippen LogP contribution is -2.29. The van der Waals surface area contributed by atoms with E-state index in [4.69, 9.17) is 24.3 Å². The maximum Gasteiger partial charge on any atom is 0.472 e. The molecule has 0 spiro atoms. The van der Waals surface area contributed by atoms with Crippen molar-refractivity contribution in [3.63, 3.8) is 0 Å². The monoisotopic (exact) mass is 868 g/mol. The maximum atomic E-state index is 12.6. The third kappa shape index (κ3) is 45.8. The predicted octanol–water partition coefficient (Wildman–Crippen LogP) is 13.7. The van der Waals surface area contributed by atoms with Crippen LogP contribution in [0, 0.1) is 0 Å². The maximum absolute atomic E-state index is 12.6. The fraction of sp³-hybridized carbons (Fsp3) is 0.569. The normalized spacial score (nSPS) is 14.4. The van der Waals surface area contributed by atoms with Crippen LogP contribution in [0.2, 0.25) is 0 Å². The van der Waals surface area contributed by atoms with Crippen molar-refractivity contribution in [2.45, 2.75) is 161 Å². The number of allylic oxidation sites excluding steroid dienone is 20. The van der Waals surface area contributed by atoms with Crippen molar-refractivity contribution in [1.29, 1.82) is 0 Å². The van der Waals surface area contributed by atoms with E-state index in [2.05, 4.69) is 129 Å². The van der Waals surface area contributed by atoms with Crippen LogP contribution in [-0.2, 0) is 32.7 Å². The van der Waals surface area contributed by atoms with E-state index in [1.807, 2.05) is 6.08 Å². The second-order valence-corrected chi connectivity index (χ2v) is 16.0. The van der Waals surface area contributed by atoms with Crippen molar-refractivity contribution in [2.75, 3.05) is 26.4 Å². The highest BCUT2D eigenvalue weighted by molar-refractivity contribution is 7.47. The summed E-state index contributed by atoms with van der Waals surface area (Å²) in [4.78, 5) is 34.9. The van der Waals surface area contributed by atoms with Crippen LogP contribution in [0.1, 0.15) is 155 Å². The number of hydrogen-bond acceptors (Lipinski definition) is 8. The molecule has 0 saturated carbocycles. The molecule has 0 rings (SSSR count). The molecule has 0 saturated heterocycles. The zero-order valence-electron chi connectivity index (χ0n) is 37.8. The number of carbonyl (C=O) groups is 2. The first-order valence-electron chi connectivity index (χ1n) is 23.0. The van der Waals surface area contributed by atoms with Crippen LogP contribution in [0.15, 0.2) is 122 Å². The van der Waals surface area contributed by atoms with E-state index in [9.17, 15) is 19.0 Å². The van der Waals surface area contributed by atoms with Crippen molar-refractivity contribution in [2.24, 2.45) is 5.73 Å². The second kappa shape index (κ2) is 45.9. The number of ether oxygens (including phenoxy) is 2. The number of hydrogen-bond donors (Lipinski definition) is 2. The van der Waals surface area contributed by atoms with Crippen LogP contribution in [0.25, 0.3) is 0 Å². The molecule has 2 unspecified atom stereocenters. The molecule has 0 aliphatic rings. The first-order chi connectivity index (χ1) is 29.8. The average molecular weight is 868 g/mol. The lowest BCUT2D eigenvalue weighted by Gasteiger charge is -2.19. The summed E-state index contributed by atoms with van der Waals surface area (Å²) in [6.45, 7) is 3.40. The topological polar surface area (TPSA) is 134 Å². The molecule has 0 radical (unpaired) electrons. The zero-order valence-corrected chi connectivity index (χ0v) is 38.7. The van der Waals surface area contributed by atoms with Gasteiger partial charge in [0.2, 0.25) is 0 Å². The molecule has 0 aromatic heterocycles. The van der Waals surface area contributed by atoms with Gasteiger partial charge >= 0.3 is 19.8 Å². The molecule has 344 valence electrons. The Labute approximate surface area is 371 Å². The van der Waals surface area contributed by atoms with E-state index in [-0.39, 0.29) is 32.6 Å². The number of carbonyl (C=O) groups excluding carboxylic acids is 2. The van der Waals surface area contributed by atoms with Crippen molar-refractivity contribution >= 4 is 19.8 Å². The summed E-state index contributed by atoms with van der Waals surface area (Å²) in [5, 5.41) is 0. The van der Waals surface area contributed by atoms with Crippen molar-refractivity contribution in [1.82, 2.24) is 0 Å². The second-order valence-electron chi connectivity index (χ2n) is 14.5. The van der Waals surface area contributed by atoms with Crippen molar-refractivity contribution in [3.05, 3.63) is 122 Å². The van der Waals surface area contributed by atoms with E-state index >= 15 is 0 Å². The molecule has 9 nitrogen and oxygen atoms in total. The third-order valence-electron chi connectivity index (χ3n) is 8.84. The lowest BCUT2D eigenvalue weighted by molar-refractivity contribution is -0.161. The highest BCUT2D eigenvalue weighted by Gasteiger charge is 2.25. The highest BCUT2D eigenvalue weighted by atomic mass is 31.2. The first kappa shape index (κ1) is 57.4. The Morgan fingerprint density at radius 1 is 0.492 bits per heavy atom. The van der Waals surface area contributed by atoms with Gasteiger partial charge in [-0.2, -0.15) is 0 Å². The zero-order chi connectivity index (χ0) is 44.6. The van der Waals surface area contributed by atoms with Gasteiger partial charge in [0.15, 0.2) is 6.10 Å². The molecule has 0 amide bonds. The number of nitrogens with two attached hydrogens (primary N) is 1. The summed E-state index contributed by atoms with van der Waals surface area (Å²) < 4.78 is 32.8. The molecular weight excluding hydrogens is 786 g/mol. The minimum atomic E-state index is -4.41. The fourth-order valence-corrected chi connectivity index (χ4v) is 6.28. The molecule has 61 heavy (non-hydrogen) atoms. The summed E-state index contributed by atoms with van der Waals surface area (Å²) in [5.74, 6) is -0.923. The van der Waals surface area contributed by atoms with Gasteiger partial charge in [-0.05, 0) is 96.3 Å². The van der Waals surface area contributed by atoms with Gasteiger partial charge in [-0.1, -0.05) is 167 Å². The van der Waals surface area contributed by atoms with Gasteiger partial charge in [0.05, 0.1) is 13.2 Å². The minimum Gasteiger partial charge on any atom is -0.462 e. The molecule has 0 fully saturated rings. The number of phosphoric ester groups is 1. The highest BCUT2D eigenvalue weighted by Crippen LogP contribution is 2.43. The summed E-state index contributed by atoms with van der Waals surface area (Å²) in [6.07, 6.45) is 62.3. The number of phosphoric acid groups is 1. The minimum absolute atomic E-state index is 0.0364. The summed E-state index contributed by atoms with van der Waals surface area (Å²) >= 11 is 0. The van der Waals surface area contributed by atoms with Gasteiger partial charge in [0.1, 0.15) is 6.61 Å². The summed E-state index contributed by atoms with van der Waals surface area (Å²) in [6, 6.07) is 0. The Kier molecular flexibility index (Phi) is 43.2. The van der Waals surface area contributed by atoms with Crippen LogP contribution >= 0.6 is 7.82 Å². The molecule has 0 aromatic carbocycles. The van der Waals surface area contributed by atoms with Crippen LogP contribution < -0.4 is 5.73 Å². The number of esters is 2. The summed E-state index contributed by atoms with van der Waals surface area (Å²) in [7, 11) is -4.41. The SMILES string of the molecule is CC/C=C\C/C=C\C/C=C\C/C=C\C/C=C\CCCCCCCCCC(=O)OC(COC(=O)CCC/C=C\C/C=C\C/C=C\C/C=C\C/C=C\CC)COP(=O)(O)OCCN. The largest absolute Gasteiger partial charge is 0.472 e. The Bertz CT molecular complexity index is 1400. The smallest absolute Gasteiger partial charge is 0.462 e. The van der Waals surface area contributed by atoms with E-state index in [0.717, 1.165) is 103 Å². The van der Waals surface area contributed by atoms with Gasteiger partial charge in [0.25, 0.3) is 0 Å². The lowest BCUT2D eigenvalue weighted by atomic mass is 10.1. The van der Waals surface area contributed by atoms with Gasteiger partial charge in [0, 0.05) is 19.4 Å². The molecule has 3 N–H and O–H groups in total. The van der Waals surface area contributed by atoms with E-state index < -0.39 is 32.5 Å². The summed E-state index contributed by atoms with van der Waals surface area (Å²) in [5.41, 5.74) is 5.35. The van der Waals surface area contributed by atoms with Crippen molar-refractivity contribution < 1.29 is 37.6 Å². The molecule has 0 aromatic rings. The Morgan fingerprint density at radius 2 is 0.869 bits per heavy atom. The molecule has 10 heteroatoms. The molecule has 0 heterocycles. The molecule has 2 atom stereocenters. The van der Waals surface area contributed by atoms with E-state index in [0.29, 0.717) is 12.8 Å².